The minimum absolute atomic E-state index is 0.0208. The third-order valence-electron chi connectivity index (χ3n) is 2.13. The molecule has 0 aliphatic rings. The van der Waals surface area contributed by atoms with Gasteiger partial charge >= 0.3 is 0 Å². The van der Waals surface area contributed by atoms with Crippen LogP contribution in [0.1, 0.15) is 17.2 Å². The minimum Gasteiger partial charge on any atom is -0.387 e. The summed E-state index contributed by atoms with van der Waals surface area (Å²) in [5.41, 5.74) is 6.27. The van der Waals surface area contributed by atoms with Crippen LogP contribution >= 0.6 is 0 Å². The van der Waals surface area contributed by atoms with Crippen molar-refractivity contribution < 1.29 is 13.5 Å². The molecule has 0 aliphatic carbocycles. The molecule has 0 radical (unpaired) electrons. The summed E-state index contributed by atoms with van der Waals surface area (Å²) in [6.45, 7) is 1.67. The highest BCUT2D eigenvalue weighted by Crippen LogP contribution is 2.19. The van der Waals surface area contributed by atoms with Crippen LogP contribution in [0.4, 0.5) is 0 Å². The number of primary sulfonamides is 1. The SMILES string of the molecule is Cc1ccc([C@@H](O)CN)cc1S(N)(=O)=O. The zero-order valence-corrected chi connectivity index (χ0v) is 9.16. The maximum Gasteiger partial charge on any atom is 0.238 e. The Morgan fingerprint density at radius 2 is 2.07 bits per heavy atom. The first kappa shape index (κ1) is 12.1. The lowest BCUT2D eigenvalue weighted by Crippen LogP contribution is -2.16. The van der Waals surface area contributed by atoms with E-state index < -0.39 is 16.1 Å². The number of sulfonamides is 1. The fourth-order valence-corrected chi connectivity index (χ4v) is 2.08. The van der Waals surface area contributed by atoms with Gasteiger partial charge in [-0.1, -0.05) is 12.1 Å². The summed E-state index contributed by atoms with van der Waals surface area (Å²) in [5.74, 6) is 0. The summed E-state index contributed by atoms with van der Waals surface area (Å²) in [6.07, 6.45) is -0.869. The van der Waals surface area contributed by atoms with Crippen LogP contribution in [0.2, 0.25) is 0 Å². The zero-order valence-electron chi connectivity index (χ0n) is 8.34. The Hall–Kier alpha value is -0.950. The molecule has 0 fully saturated rings. The second-order valence-electron chi connectivity index (χ2n) is 3.32. The van der Waals surface area contributed by atoms with Crippen LogP contribution < -0.4 is 10.9 Å². The molecule has 1 atom stereocenters. The van der Waals surface area contributed by atoms with E-state index in [0.29, 0.717) is 11.1 Å². The summed E-state index contributed by atoms with van der Waals surface area (Å²) in [5, 5.41) is 14.5. The van der Waals surface area contributed by atoms with Gasteiger partial charge < -0.3 is 10.8 Å². The smallest absolute Gasteiger partial charge is 0.238 e. The van der Waals surface area contributed by atoms with Gasteiger partial charge in [-0.2, -0.15) is 0 Å². The topological polar surface area (TPSA) is 106 Å². The van der Waals surface area contributed by atoms with Gasteiger partial charge in [-0.25, -0.2) is 13.6 Å². The average Bonchev–Trinajstić information content (AvgIpc) is 2.15. The van der Waals surface area contributed by atoms with E-state index in [1.807, 2.05) is 0 Å². The number of rotatable bonds is 3. The van der Waals surface area contributed by atoms with Crippen LogP contribution in [0.15, 0.2) is 23.1 Å². The number of benzene rings is 1. The van der Waals surface area contributed by atoms with Gasteiger partial charge in [0, 0.05) is 6.54 Å². The Bertz CT molecular complexity index is 456. The second kappa shape index (κ2) is 4.28. The molecule has 0 bridgehead atoms. The fraction of sp³-hybridized carbons (Fsp3) is 0.333. The first-order valence-electron chi connectivity index (χ1n) is 4.37. The summed E-state index contributed by atoms with van der Waals surface area (Å²) in [7, 11) is -3.75. The predicted octanol–water partition coefficient (Wildman–Crippen LogP) is -0.365. The molecule has 5 N–H and O–H groups in total. The summed E-state index contributed by atoms with van der Waals surface area (Å²) < 4.78 is 22.4. The van der Waals surface area contributed by atoms with E-state index in [0.717, 1.165) is 0 Å². The molecule has 84 valence electrons. The molecule has 1 aromatic carbocycles. The molecular formula is C9H14N2O3S. The molecule has 0 aromatic heterocycles. The largest absolute Gasteiger partial charge is 0.387 e. The van der Waals surface area contributed by atoms with Crippen molar-refractivity contribution in [1.29, 1.82) is 0 Å². The molecule has 1 aromatic rings. The van der Waals surface area contributed by atoms with Gasteiger partial charge in [0.1, 0.15) is 0 Å². The Morgan fingerprint density at radius 3 is 2.53 bits per heavy atom. The molecule has 1 rings (SSSR count). The number of aliphatic hydroxyl groups is 1. The van der Waals surface area contributed by atoms with E-state index in [9.17, 15) is 13.5 Å². The van der Waals surface area contributed by atoms with Crippen LogP contribution in [0.3, 0.4) is 0 Å². The lowest BCUT2D eigenvalue weighted by Gasteiger charge is -2.10. The van der Waals surface area contributed by atoms with Crippen molar-refractivity contribution in [3.8, 4) is 0 Å². The van der Waals surface area contributed by atoms with Crippen molar-refractivity contribution >= 4 is 10.0 Å². The second-order valence-corrected chi connectivity index (χ2v) is 4.85. The molecule has 0 saturated carbocycles. The van der Waals surface area contributed by atoms with Crippen LogP contribution in [0, 0.1) is 6.92 Å². The van der Waals surface area contributed by atoms with E-state index in [1.54, 1.807) is 19.1 Å². The van der Waals surface area contributed by atoms with E-state index in [2.05, 4.69) is 0 Å². The van der Waals surface area contributed by atoms with Crippen molar-refractivity contribution in [2.75, 3.05) is 6.54 Å². The quantitative estimate of drug-likeness (QED) is 0.658. The van der Waals surface area contributed by atoms with E-state index >= 15 is 0 Å². The Labute approximate surface area is 88.8 Å². The lowest BCUT2D eigenvalue weighted by molar-refractivity contribution is 0.186. The highest BCUT2D eigenvalue weighted by molar-refractivity contribution is 7.89. The van der Waals surface area contributed by atoms with Crippen molar-refractivity contribution in [3.05, 3.63) is 29.3 Å². The molecule has 0 saturated heterocycles. The van der Waals surface area contributed by atoms with Gasteiger partial charge in [0.15, 0.2) is 0 Å². The molecule has 0 aliphatic heterocycles. The third-order valence-corrected chi connectivity index (χ3v) is 3.18. The Balaban J connectivity index is 3.29. The third kappa shape index (κ3) is 2.75. The van der Waals surface area contributed by atoms with Gasteiger partial charge in [-0.3, -0.25) is 0 Å². The van der Waals surface area contributed by atoms with E-state index in [4.69, 9.17) is 10.9 Å². The fourth-order valence-electron chi connectivity index (χ4n) is 1.27. The van der Waals surface area contributed by atoms with E-state index in [1.165, 1.54) is 6.07 Å². The lowest BCUT2D eigenvalue weighted by atomic mass is 10.1. The molecule has 15 heavy (non-hydrogen) atoms. The van der Waals surface area contributed by atoms with Crippen LogP contribution in [0.5, 0.6) is 0 Å². The highest BCUT2D eigenvalue weighted by Gasteiger charge is 2.14. The molecule has 5 nitrogen and oxygen atoms in total. The van der Waals surface area contributed by atoms with Crippen LogP contribution in [-0.4, -0.2) is 20.1 Å². The van der Waals surface area contributed by atoms with Gasteiger partial charge in [-0.15, -0.1) is 0 Å². The number of hydrogen-bond donors (Lipinski definition) is 3. The number of hydrogen-bond acceptors (Lipinski definition) is 4. The predicted molar refractivity (Wildman–Crippen MR) is 56.6 cm³/mol. The molecule has 6 heteroatoms. The van der Waals surface area contributed by atoms with Gasteiger partial charge in [-0.05, 0) is 24.1 Å². The molecule has 0 spiro atoms. The Morgan fingerprint density at radius 1 is 1.47 bits per heavy atom. The molecule has 0 amide bonds. The maximum absolute atomic E-state index is 11.2. The summed E-state index contributed by atoms with van der Waals surface area (Å²) >= 11 is 0. The molecule has 0 heterocycles. The minimum atomic E-state index is -3.75. The van der Waals surface area contributed by atoms with Gasteiger partial charge in [0.25, 0.3) is 0 Å². The Kier molecular flexibility index (Phi) is 3.46. The maximum atomic E-state index is 11.2. The molecule has 0 unspecified atom stereocenters. The van der Waals surface area contributed by atoms with Gasteiger partial charge in [0.05, 0.1) is 11.0 Å². The monoisotopic (exact) mass is 230 g/mol. The van der Waals surface area contributed by atoms with Crippen molar-refractivity contribution in [3.63, 3.8) is 0 Å². The highest BCUT2D eigenvalue weighted by atomic mass is 32.2. The first-order valence-corrected chi connectivity index (χ1v) is 5.92. The van der Waals surface area contributed by atoms with Crippen molar-refractivity contribution in [2.45, 2.75) is 17.9 Å². The normalized spacial score (nSPS) is 13.9. The number of aliphatic hydroxyl groups excluding tert-OH is 1. The van der Waals surface area contributed by atoms with E-state index in [-0.39, 0.29) is 11.4 Å². The summed E-state index contributed by atoms with van der Waals surface area (Å²) in [4.78, 5) is 0.0208. The standard InChI is InChI=1S/C9H14N2O3S/c1-6-2-3-7(8(12)5-10)4-9(6)15(11,13)14/h2-4,8,12H,5,10H2,1H3,(H2,11,13,14)/t8-/m0/s1. The number of aryl methyl sites for hydroxylation is 1. The zero-order chi connectivity index (χ0) is 11.6. The average molecular weight is 230 g/mol. The first-order chi connectivity index (χ1) is 6.86. The van der Waals surface area contributed by atoms with Crippen molar-refractivity contribution in [1.82, 2.24) is 0 Å². The van der Waals surface area contributed by atoms with Crippen LogP contribution in [-0.2, 0) is 10.0 Å². The van der Waals surface area contributed by atoms with Crippen molar-refractivity contribution in [2.24, 2.45) is 10.9 Å². The number of nitrogens with two attached hydrogens (primary N) is 2. The van der Waals surface area contributed by atoms with Gasteiger partial charge in [0.2, 0.25) is 10.0 Å². The molecular weight excluding hydrogens is 216 g/mol. The van der Waals surface area contributed by atoms with Crippen LogP contribution in [0.25, 0.3) is 0 Å². The summed E-state index contributed by atoms with van der Waals surface area (Å²) in [6, 6.07) is 4.57.